The van der Waals surface area contributed by atoms with E-state index in [4.69, 9.17) is 0 Å². The summed E-state index contributed by atoms with van der Waals surface area (Å²) in [5.41, 5.74) is 0.901. The highest BCUT2D eigenvalue weighted by molar-refractivity contribution is 7.89. The van der Waals surface area contributed by atoms with Gasteiger partial charge in [0, 0.05) is 11.9 Å². The second-order valence-corrected chi connectivity index (χ2v) is 9.18. The fourth-order valence-corrected chi connectivity index (χ4v) is 5.62. The van der Waals surface area contributed by atoms with Gasteiger partial charge in [0.2, 0.25) is 10.0 Å². The summed E-state index contributed by atoms with van der Waals surface area (Å²) in [5.74, 6) is -1.85. The summed E-state index contributed by atoms with van der Waals surface area (Å²) in [6.45, 7) is -1.32. The fourth-order valence-electron chi connectivity index (χ4n) is 3.03. The van der Waals surface area contributed by atoms with Crippen LogP contribution >= 0.6 is 11.3 Å². The minimum Gasteiger partial charge on any atom is -0.432 e. The van der Waals surface area contributed by atoms with Gasteiger partial charge in [-0.15, -0.1) is 11.3 Å². The number of aromatic nitrogens is 1. The molecule has 2 aromatic rings. The molecule has 1 aliphatic rings. The smallest absolute Gasteiger partial charge is 0.387 e. The number of benzene rings is 1. The molecule has 3 rings (SSSR count). The lowest BCUT2D eigenvalue weighted by Gasteiger charge is -2.30. The van der Waals surface area contributed by atoms with Crippen molar-refractivity contribution in [1.82, 2.24) is 9.29 Å². The summed E-state index contributed by atoms with van der Waals surface area (Å²) in [7, 11) is -2.57. The van der Waals surface area contributed by atoms with Crippen LogP contribution in [0.1, 0.15) is 34.5 Å². The molecular formula is C16H17F3N2O3S2. The molecule has 142 valence electrons. The van der Waals surface area contributed by atoms with E-state index in [1.165, 1.54) is 22.7 Å². The Kier molecular flexibility index (Phi) is 5.27. The van der Waals surface area contributed by atoms with Crippen molar-refractivity contribution in [3.05, 3.63) is 39.6 Å². The van der Waals surface area contributed by atoms with Crippen molar-refractivity contribution < 1.29 is 26.3 Å². The van der Waals surface area contributed by atoms with Gasteiger partial charge in [0.25, 0.3) is 0 Å². The number of halogens is 3. The number of sulfonamides is 1. The van der Waals surface area contributed by atoms with Crippen molar-refractivity contribution in [2.75, 3.05) is 7.05 Å². The third-order valence-electron chi connectivity index (χ3n) is 4.26. The number of thiazole rings is 1. The molecule has 0 bridgehead atoms. The molecular weight excluding hydrogens is 389 g/mol. The van der Waals surface area contributed by atoms with Gasteiger partial charge in [0.1, 0.15) is 0 Å². The van der Waals surface area contributed by atoms with Gasteiger partial charge in [-0.25, -0.2) is 17.8 Å². The molecule has 0 saturated heterocycles. The first-order chi connectivity index (χ1) is 12.2. The van der Waals surface area contributed by atoms with Gasteiger partial charge in [0.15, 0.2) is 11.6 Å². The van der Waals surface area contributed by atoms with E-state index in [9.17, 15) is 21.6 Å². The van der Waals surface area contributed by atoms with Gasteiger partial charge in [-0.3, -0.25) is 0 Å². The summed E-state index contributed by atoms with van der Waals surface area (Å²) in [6.07, 6.45) is 2.24. The van der Waals surface area contributed by atoms with Gasteiger partial charge >= 0.3 is 6.61 Å². The Labute approximate surface area is 153 Å². The van der Waals surface area contributed by atoms with E-state index in [1.807, 2.05) is 6.92 Å². The molecule has 0 saturated carbocycles. The number of alkyl halides is 2. The van der Waals surface area contributed by atoms with E-state index in [0.29, 0.717) is 12.5 Å². The maximum atomic E-state index is 13.9. The van der Waals surface area contributed by atoms with Crippen LogP contribution in [0.3, 0.4) is 0 Å². The maximum absolute atomic E-state index is 13.9. The van der Waals surface area contributed by atoms with E-state index in [0.717, 1.165) is 40.6 Å². The largest absolute Gasteiger partial charge is 0.432 e. The summed E-state index contributed by atoms with van der Waals surface area (Å²) in [5, 5.41) is 0.868. The molecule has 1 aliphatic carbocycles. The Balaban J connectivity index is 1.92. The predicted octanol–water partition coefficient (Wildman–Crippen LogP) is 3.89. The van der Waals surface area contributed by atoms with Gasteiger partial charge in [0.05, 0.1) is 21.6 Å². The Hall–Kier alpha value is -1.65. The summed E-state index contributed by atoms with van der Waals surface area (Å²) in [4.78, 5) is 5.03. The zero-order valence-electron chi connectivity index (χ0n) is 14.1. The Morgan fingerprint density at radius 1 is 1.38 bits per heavy atom. The Bertz CT molecular complexity index is 915. The molecule has 0 amide bonds. The molecule has 26 heavy (non-hydrogen) atoms. The maximum Gasteiger partial charge on any atom is 0.387 e. The van der Waals surface area contributed by atoms with Crippen molar-refractivity contribution in [1.29, 1.82) is 0 Å². The number of fused-ring (bicyclic) bond motifs is 1. The molecule has 1 unspecified atom stereocenters. The highest BCUT2D eigenvalue weighted by Crippen LogP contribution is 2.39. The second-order valence-electron chi connectivity index (χ2n) is 5.94. The highest BCUT2D eigenvalue weighted by Gasteiger charge is 2.34. The topological polar surface area (TPSA) is 59.5 Å². The molecule has 1 atom stereocenters. The standard InChI is InChI=1S/C16H17F3N2O3S2/c1-9-20-12-4-3-5-13(15(12)25-9)21(2)26(22,23)10-6-7-14(11(17)8-10)24-16(18)19/h6-8,13,16H,3-5H2,1-2H3. The van der Waals surface area contributed by atoms with Crippen LogP contribution in [0, 0.1) is 12.7 Å². The number of hydrogen-bond acceptors (Lipinski definition) is 5. The number of ether oxygens (including phenoxy) is 1. The first kappa shape index (κ1) is 19.1. The molecule has 0 fully saturated rings. The fraction of sp³-hybridized carbons (Fsp3) is 0.438. The molecule has 0 spiro atoms. The second kappa shape index (κ2) is 7.16. The lowest BCUT2D eigenvalue weighted by Crippen LogP contribution is -2.33. The molecule has 10 heteroatoms. The molecule has 5 nitrogen and oxygen atoms in total. The Morgan fingerprint density at radius 3 is 2.77 bits per heavy atom. The minimum absolute atomic E-state index is 0.313. The third kappa shape index (κ3) is 3.58. The average Bonchev–Trinajstić information content (AvgIpc) is 2.95. The van der Waals surface area contributed by atoms with Crippen LogP contribution in [-0.2, 0) is 16.4 Å². The van der Waals surface area contributed by atoms with E-state index < -0.39 is 28.2 Å². The highest BCUT2D eigenvalue weighted by atomic mass is 32.2. The van der Waals surface area contributed by atoms with Crippen LogP contribution in [0.15, 0.2) is 23.1 Å². The van der Waals surface area contributed by atoms with Crippen LogP contribution < -0.4 is 4.74 Å². The zero-order valence-corrected chi connectivity index (χ0v) is 15.7. The quantitative estimate of drug-likeness (QED) is 0.756. The van der Waals surface area contributed by atoms with Gasteiger partial charge < -0.3 is 4.74 Å². The number of aryl methyl sites for hydroxylation is 2. The van der Waals surface area contributed by atoms with Crippen molar-refractivity contribution in [3.63, 3.8) is 0 Å². The lowest BCUT2D eigenvalue weighted by molar-refractivity contribution is -0.0522. The van der Waals surface area contributed by atoms with Crippen LogP contribution in [0.25, 0.3) is 0 Å². The summed E-state index contributed by atoms with van der Waals surface area (Å²) < 4.78 is 69.4. The minimum atomic E-state index is -4.01. The molecule has 0 N–H and O–H groups in total. The lowest BCUT2D eigenvalue weighted by atomic mass is 9.98. The normalized spacial score (nSPS) is 17.6. The average molecular weight is 406 g/mol. The number of rotatable bonds is 5. The molecule has 0 aliphatic heterocycles. The van der Waals surface area contributed by atoms with E-state index in [2.05, 4.69) is 9.72 Å². The van der Waals surface area contributed by atoms with Crippen LogP contribution in [0.4, 0.5) is 13.2 Å². The predicted molar refractivity (Wildman–Crippen MR) is 90.5 cm³/mol. The van der Waals surface area contributed by atoms with Gasteiger partial charge in [-0.1, -0.05) is 0 Å². The molecule has 1 aromatic carbocycles. The van der Waals surface area contributed by atoms with Gasteiger partial charge in [-0.2, -0.15) is 13.1 Å². The van der Waals surface area contributed by atoms with Crippen molar-refractivity contribution in [2.24, 2.45) is 0 Å². The van der Waals surface area contributed by atoms with Crippen LogP contribution in [-0.4, -0.2) is 31.4 Å². The molecule has 0 radical (unpaired) electrons. The van der Waals surface area contributed by atoms with Crippen LogP contribution in [0.5, 0.6) is 5.75 Å². The van der Waals surface area contributed by atoms with E-state index in [-0.39, 0.29) is 10.9 Å². The van der Waals surface area contributed by atoms with Crippen molar-refractivity contribution in [2.45, 2.75) is 43.7 Å². The van der Waals surface area contributed by atoms with Crippen molar-refractivity contribution in [3.8, 4) is 5.75 Å². The number of hydrogen-bond donors (Lipinski definition) is 0. The first-order valence-electron chi connectivity index (χ1n) is 7.88. The summed E-state index contributed by atoms with van der Waals surface area (Å²) in [6, 6.07) is 2.28. The van der Waals surface area contributed by atoms with Crippen molar-refractivity contribution >= 4 is 21.4 Å². The number of nitrogens with zero attached hydrogens (tertiary/aromatic N) is 2. The molecule has 1 aromatic heterocycles. The monoisotopic (exact) mass is 406 g/mol. The Morgan fingerprint density at radius 2 is 2.12 bits per heavy atom. The molecule has 1 heterocycles. The third-order valence-corrected chi connectivity index (χ3v) is 7.24. The SMILES string of the molecule is Cc1nc2c(s1)C(N(C)S(=O)(=O)c1ccc(OC(F)F)c(F)c1)CCC2. The van der Waals surface area contributed by atoms with Gasteiger partial charge in [-0.05, 0) is 44.4 Å². The van der Waals surface area contributed by atoms with E-state index >= 15 is 0 Å². The first-order valence-corrected chi connectivity index (χ1v) is 10.1. The van der Waals surface area contributed by atoms with Crippen LogP contribution in [0.2, 0.25) is 0 Å². The summed E-state index contributed by atoms with van der Waals surface area (Å²) >= 11 is 1.46. The van der Waals surface area contributed by atoms with E-state index in [1.54, 1.807) is 0 Å². The zero-order chi connectivity index (χ0) is 19.1.